The molecule has 166 valence electrons. The first-order valence-corrected chi connectivity index (χ1v) is 10.3. The van der Waals surface area contributed by atoms with Gasteiger partial charge in [-0.2, -0.15) is 5.26 Å². The first kappa shape index (κ1) is 21.7. The van der Waals surface area contributed by atoms with Gasteiger partial charge in [0.1, 0.15) is 23.4 Å². The van der Waals surface area contributed by atoms with Crippen LogP contribution >= 0.6 is 0 Å². The number of nitrogens with one attached hydrogen (secondary N) is 2. The predicted octanol–water partition coefficient (Wildman–Crippen LogP) is 2.19. The Morgan fingerprint density at radius 3 is 2.88 bits per heavy atom. The van der Waals surface area contributed by atoms with Crippen LogP contribution in [0.2, 0.25) is 0 Å². The second-order valence-electron chi connectivity index (χ2n) is 8.16. The molecule has 10 nitrogen and oxygen atoms in total. The highest BCUT2D eigenvalue weighted by atomic mass is 16.5. The molecular weight excluding hydrogens is 410 g/mol. The molecule has 0 aromatic carbocycles. The number of nitriles is 1. The molecule has 0 radical (unpaired) electrons. The molecule has 1 saturated carbocycles. The number of methoxy groups -OCH3 is 1. The molecular formula is C22H25N7O3. The first-order chi connectivity index (χ1) is 15.4. The molecule has 32 heavy (non-hydrogen) atoms. The Morgan fingerprint density at radius 2 is 2.22 bits per heavy atom. The molecule has 0 spiro atoms. The van der Waals surface area contributed by atoms with Gasteiger partial charge in [-0.05, 0) is 33.0 Å². The van der Waals surface area contributed by atoms with Gasteiger partial charge < -0.3 is 10.1 Å². The van der Waals surface area contributed by atoms with Crippen LogP contribution in [0.5, 0.6) is 0 Å². The summed E-state index contributed by atoms with van der Waals surface area (Å²) in [4.78, 5) is 37.1. The number of nitrogens with zero attached hydrogens (tertiary/aromatic N) is 5. The van der Waals surface area contributed by atoms with Crippen LogP contribution in [-0.2, 0) is 10.3 Å². The van der Waals surface area contributed by atoms with Crippen LogP contribution in [0.1, 0.15) is 34.5 Å². The highest BCUT2D eigenvalue weighted by Crippen LogP contribution is 2.55. The molecule has 4 heterocycles. The van der Waals surface area contributed by atoms with Gasteiger partial charge in [0.05, 0.1) is 23.4 Å². The molecule has 2 N–H and O–H groups in total. The average Bonchev–Trinajstić information content (AvgIpc) is 2.77. The van der Waals surface area contributed by atoms with Crippen molar-refractivity contribution in [1.82, 2.24) is 14.9 Å². The van der Waals surface area contributed by atoms with Gasteiger partial charge in [-0.1, -0.05) is 6.07 Å². The lowest BCUT2D eigenvalue weighted by atomic mass is 9.64. The third-order valence-electron chi connectivity index (χ3n) is 6.21. The van der Waals surface area contributed by atoms with E-state index in [0.717, 1.165) is 18.4 Å². The number of urea groups is 1. The quantitative estimate of drug-likeness (QED) is 0.501. The minimum Gasteiger partial charge on any atom is -0.383 e. The van der Waals surface area contributed by atoms with Crippen LogP contribution < -0.4 is 15.5 Å². The molecule has 2 aromatic rings. The lowest BCUT2D eigenvalue weighted by molar-refractivity contribution is 0.0276. The number of aromatic nitrogens is 2. The summed E-state index contributed by atoms with van der Waals surface area (Å²) in [5.74, 6) is 0.807. The zero-order valence-electron chi connectivity index (χ0n) is 18.3. The van der Waals surface area contributed by atoms with Crippen molar-refractivity contribution in [3.05, 3.63) is 41.2 Å². The molecule has 1 aliphatic carbocycles. The smallest absolute Gasteiger partial charge is 0.328 e. The number of carbonyl (C=O) groups is 2. The Labute approximate surface area is 186 Å². The summed E-state index contributed by atoms with van der Waals surface area (Å²) in [6.45, 7) is 0.981. The molecule has 1 fully saturated rings. The Hall–Kier alpha value is -3.55. The van der Waals surface area contributed by atoms with E-state index in [1.54, 1.807) is 24.1 Å². The highest BCUT2D eigenvalue weighted by Gasteiger charge is 2.57. The monoisotopic (exact) mass is 435 g/mol. The minimum atomic E-state index is -0.376. The van der Waals surface area contributed by atoms with Crippen molar-refractivity contribution in [3.63, 3.8) is 0 Å². The van der Waals surface area contributed by atoms with Crippen molar-refractivity contribution in [3.8, 4) is 6.07 Å². The Kier molecular flexibility index (Phi) is 5.78. The van der Waals surface area contributed by atoms with Gasteiger partial charge in [-0.25, -0.2) is 14.8 Å². The van der Waals surface area contributed by atoms with E-state index in [1.807, 2.05) is 20.2 Å². The van der Waals surface area contributed by atoms with Gasteiger partial charge in [-0.3, -0.25) is 19.9 Å². The molecule has 2 bridgehead atoms. The topological polar surface area (TPSA) is 123 Å². The summed E-state index contributed by atoms with van der Waals surface area (Å²) in [6, 6.07) is 6.87. The fraction of sp³-hybridized carbons (Fsp3) is 0.409. The van der Waals surface area contributed by atoms with E-state index >= 15 is 0 Å². The molecule has 0 atom stereocenters. The van der Waals surface area contributed by atoms with Crippen LogP contribution in [0.15, 0.2) is 24.4 Å². The summed E-state index contributed by atoms with van der Waals surface area (Å²) >= 11 is 0. The van der Waals surface area contributed by atoms with E-state index < -0.39 is 0 Å². The van der Waals surface area contributed by atoms with Crippen molar-refractivity contribution < 1.29 is 14.3 Å². The second-order valence-corrected chi connectivity index (χ2v) is 8.16. The van der Waals surface area contributed by atoms with Crippen LogP contribution in [-0.4, -0.2) is 67.6 Å². The summed E-state index contributed by atoms with van der Waals surface area (Å²) in [5.41, 5.74) is 1.95. The van der Waals surface area contributed by atoms with Crippen LogP contribution in [0.4, 0.5) is 22.1 Å². The average molecular weight is 435 g/mol. The largest absolute Gasteiger partial charge is 0.383 e. The number of carbonyl (C=O) groups excluding carboxylic acids is 2. The van der Waals surface area contributed by atoms with Crippen molar-refractivity contribution in [1.29, 1.82) is 5.26 Å². The fourth-order valence-corrected chi connectivity index (χ4v) is 4.46. The number of anilines is 3. The SMILES string of the molecule is COCCNc1cc(NC(=O)N2c3nc(C=O)ccc3C3(N(C)C)CC2C3)ncc1C#N. The molecule has 2 amide bonds. The van der Waals surface area contributed by atoms with E-state index in [-0.39, 0.29) is 23.3 Å². The number of aldehydes is 1. The van der Waals surface area contributed by atoms with Crippen molar-refractivity contribution in [2.45, 2.75) is 24.4 Å². The number of ether oxygens (including phenoxy) is 1. The van der Waals surface area contributed by atoms with Gasteiger partial charge in [0, 0.05) is 37.5 Å². The summed E-state index contributed by atoms with van der Waals surface area (Å²) < 4.78 is 5.03. The van der Waals surface area contributed by atoms with E-state index in [9.17, 15) is 14.9 Å². The lowest BCUT2D eigenvalue weighted by Crippen LogP contribution is -2.66. The van der Waals surface area contributed by atoms with Gasteiger partial charge in [0.15, 0.2) is 6.29 Å². The molecule has 10 heteroatoms. The van der Waals surface area contributed by atoms with E-state index in [4.69, 9.17) is 4.74 Å². The second kappa shape index (κ2) is 8.53. The molecule has 3 aliphatic rings. The van der Waals surface area contributed by atoms with Gasteiger partial charge in [0.25, 0.3) is 0 Å². The number of hydrogen-bond acceptors (Lipinski definition) is 8. The third-order valence-corrected chi connectivity index (χ3v) is 6.21. The maximum absolute atomic E-state index is 13.3. The van der Waals surface area contributed by atoms with Crippen LogP contribution in [0, 0.1) is 11.3 Å². The van der Waals surface area contributed by atoms with E-state index in [2.05, 4.69) is 31.6 Å². The van der Waals surface area contributed by atoms with Crippen LogP contribution in [0.25, 0.3) is 0 Å². The molecule has 0 saturated heterocycles. The third kappa shape index (κ3) is 3.55. The predicted molar refractivity (Wildman–Crippen MR) is 119 cm³/mol. The normalized spacial score (nSPS) is 20.7. The molecule has 5 rings (SSSR count). The molecule has 2 aromatic heterocycles. The number of hydrogen-bond donors (Lipinski definition) is 2. The van der Waals surface area contributed by atoms with Gasteiger partial charge >= 0.3 is 6.03 Å². The summed E-state index contributed by atoms with van der Waals surface area (Å²) in [5, 5.41) is 15.3. The Morgan fingerprint density at radius 1 is 1.44 bits per heavy atom. The van der Waals surface area contributed by atoms with Crippen molar-refractivity contribution in [2.75, 3.05) is 49.9 Å². The Balaban J connectivity index is 1.62. The summed E-state index contributed by atoms with van der Waals surface area (Å²) in [7, 11) is 5.63. The maximum atomic E-state index is 13.3. The Bertz CT molecular complexity index is 1090. The molecule has 0 unspecified atom stereocenters. The summed E-state index contributed by atoms with van der Waals surface area (Å²) in [6.07, 6.45) is 3.66. The standard InChI is InChI=1S/C22H25N7O3/c1-28(2)22-9-16(10-22)29(20-17(22)5-4-15(13-30)26-20)21(31)27-19-8-18(24-6-7-32-3)14(11-23)12-25-19/h4-5,8,12-13,16H,6-7,9-10H2,1-3H3,(H2,24,25,27,31). The molecule has 2 aliphatic heterocycles. The number of rotatable bonds is 7. The van der Waals surface area contributed by atoms with Crippen molar-refractivity contribution >= 4 is 29.6 Å². The zero-order chi connectivity index (χ0) is 22.9. The highest BCUT2D eigenvalue weighted by molar-refractivity contribution is 6.03. The van der Waals surface area contributed by atoms with Crippen LogP contribution in [0.3, 0.4) is 0 Å². The van der Waals surface area contributed by atoms with Gasteiger partial charge in [0.2, 0.25) is 0 Å². The van der Waals surface area contributed by atoms with Crippen molar-refractivity contribution in [2.24, 2.45) is 0 Å². The number of amides is 2. The van der Waals surface area contributed by atoms with Gasteiger partial charge in [-0.15, -0.1) is 0 Å². The minimum absolute atomic E-state index is 0.0306. The maximum Gasteiger partial charge on any atom is 0.328 e. The van der Waals surface area contributed by atoms with E-state index in [0.29, 0.717) is 42.3 Å². The lowest BCUT2D eigenvalue weighted by Gasteiger charge is -2.59. The van der Waals surface area contributed by atoms with E-state index in [1.165, 1.54) is 6.20 Å². The number of pyridine rings is 2. The fourth-order valence-electron chi connectivity index (χ4n) is 4.46. The first-order valence-electron chi connectivity index (χ1n) is 10.3. The zero-order valence-corrected chi connectivity index (χ0v) is 18.3.